The molecule has 0 amide bonds. The maximum absolute atomic E-state index is 4.84. The molecule has 1 fully saturated rings. The molecule has 108 valence electrons. The molecular formula is C14H26N4O. The molecule has 0 aromatic carbocycles. The van der Waals surface area contributed by atoms with Crippen molar-refractivity contribution in [3.05, 3.63) is 12.2 Å². The third kappa shape index (κ3) is 4.01. The predicted octanol–water partition coefficient (Wildman–Crippen LogP) is 1.91. The molecule has 5 nitrogen and oxygen atoms in total. The molecule has 0 spiro atoms. The Balaban J connectivity index is 2.00. The Bertz CT molecular complexity index is 364. The lowest BCUT2D eigenvalue weighted by atomic mass is 9.95. The molecule has 1 aliphatic rings. The van der Waals surface area contributed by atoms with E-state index in [1.54, 1.807) is 0 Å². The molecule has 0 bridgehead atoms. The van der Waals surface area contributed by atoms with Crippen molar-refractivity contribution in [1.82, 2.24) is 20.4 Å². The first-order valence-corrected chi connectivity index (χ1v) is 7.29. The van der Waals surface area contributed by atoms with Crippen molar-refractivity contribution in [3.63, 3.8) is 0 Å². The summed E-state index contributed by atoms with van der Waals surface area (Å²) in [6.45, 7) is 12.0. The van der Waals surface area contributed by atoms with Crippen molar-refractivity contribution in [2.75, 3.05) is 13.1 Å². The van der Waals surface area contributed by atoms with Crippen molar-refractivity contribution in [3.8, 4) is 0 Å². The zero-order chi connectivity index (χ0) is 13.8. The van der Waals surface area contributed by atoms with Gasteiger partial charge in [0.25, 0.3) is 0 Å². The van der Waals surface area contributed by atoms with Crippen molar-refractivity contribution in [2.45, 2.75) is 52.7 Å². The van der Waals surface area contributed by atoms with Gasteiger partial charge in [-0.3, -0.25) is 4.90 Å². The lowest BCUT2D eigenvalue weighted by molar-refractivity contribution is 0.0819. The number of hydrogen-bond donors (Lipinski definition) is 1. The van der Waals surface area contributed by atoms with Crippen LogP contribution in [0.5, 0.6) is 0 Å². The highest BCUT2D eigenvalue weighted by Crippen LogP contribution is 2.19. The molecule has 0 aliphatic carbocycles. The Morgan fingerprint density at radius 3 is 2.79 bits per heavy atom. The monoisotopic (exact) mass is 266 g/mol. The number of aromatic nitrogens is 2. The first-order chi connectivity index (χ1) is 9.06. The van der Waals surface area contributed by atoms with Gasteiger partial charge in [0.1, 0.15) is 0 Å². The van der Waals surface area contributed by atoms with E-state index < -0.39 is 0 Å². The van der Waals surface area contributed by atoms with Crippen LogP contribution in [0.3, 0.4) is 0 Å². The second-order valence-electron chi connectivity index (χ2n) is 6.32. The molecule has 2 heterocycles. The van der Waals surface area contributed by atoms with Crippen LogP contribution in [0, 0.1) is 11.8 Å². The third-order valence-electron chi connectivity index (χ3n) is 3.82. The van der Waals surface area contributed by atoms with Gasteiger partial charge in [0.2, 0.25) is 6.39 Å². The molecule has 5 heteroatoms. The van der Waals surface area contributed by atoms with E-state index in [0.29, 0.717) is 18.0 Å². The lowest BCUT2D eigenvalue weighted by Crippen LogP contribution is -2.58. The highest BCUT2D eigenvalue weighted by Gasteiger charge is 2.30. The summed E-state index contributed by atoms with van der Waals surface area (Å²) in [5, 5.41) is 7.63. The van der Waals surface area contributed by atoms with Crippen molar-refractivity contribution >= 4 is 0 Å². The Labute approximate surface area is 115 Å². The van der Waals surface area contributed by atoms with Gasteiger partial charge >= 0.3 is 0 Å². The molecule has 2 unspecified atom stereocenters. The van der Waals surface area contributed by atoms with Gasteiger partial charge in [-0.05, 0) is 18.3 Å². The Hall–Kier alpha value is -0.940. The predicted molar refractivity (Wildman–Crippen MR) is 74.6 cm³/mol. The number of nitrogens with zero attached hydrogens (tertiary/aromatic N) is 3. The summed E-state index contributed by atoms with van der Waals surface area (Å²) in [6, 6.07) is 1.11. The largest absolute Gasteiger partial charge is 0.343 e. The summed E-state index contributed by atoms with van der Waals surface area (Å²) in [4.78, 5) is 6.65. The SMILES string of the molecule is CC(C)CC1CN(Cc2ncon2)C(C(C)C)CN1. The van der Waals surface area contributed by atoms with Gasteiger partial charge in [0.15, 0.2) is 5.82 Å². The van der Waals surface area contributed by atoms with E-state index >= 15 is 0 Å². The van der Waals surface area contributed by atoms with E-state index in [4.69, 9.17) is 4.52 Å². The Morgan fingerprint density at radius 1 is 1.42 bits per heavy atom. The van der Waals surface area contributed by atoms with Crippen LogP contribution in [0.4, 0.5) is 0 Å². The second kappa shape index (κ2) is 6.48. The van der Waals surface area contributed by atoms with Crippen molar-refractivity contribution in [2.24, 2.45) is 11.8 Å². The molecule has 2 atom stereocenters. The molecule has 1 aromatic rings. The number of piperazine rings is 1. The minimum atomic E-state index is 0.543. The average molecular weight is 266 g/mol. The summed E-state index contributed by atoms with van der Waals surface area (Å²) in [6.07, 6.45) is 2.63. The normalized spacial score (nSPS) is 25.4. The molecule has 1 saturated heterocycles. The molecule has 1 aliphatic heterocycles. The fraction of sp³-hybridized carbons (Fsp3) is 0.857. The van der Waals surface area contributed by atoms with Gasteiger partial charge in [-0.25, -0.2) is 0 Å². The quantitative estimate of drug-likeness (QED) is 0.882. The van der Waals surface area contributed by atoms with E-state index in [0.717, 1.165) is 31.4 Å². The second-order valence-corrected chi connectivity index (χ2v) is 6.32. The maximum atomic E-state index is 4.84. The van der Waals surface area contributed by atoms with Crippen LogP contribution in [0.2, 0.25) is 0 Å². The number of nitrogens with one attached hydrogen (secondary N) is 1. The van der Waals surface area contributed by atoms with E-state index in [2.05, 4.69) is 48.1 Å². The fourth-order valence-electron chi connectivity index (χ4n) is 2.91. The molecule has 0 radical (unpaired) electrons. The van der Waals surface area contributed by atoms with Gasteiger partial charge in [0.05, 0.1) is 6.54 Å². The van der Waals surface area contributed by atoms with Crippen LogP contribution in [0.25, 0.3) is 0 Å². The zero-order valence-corrected chi connectivity index (χ0v) is 12.5. The summed E-state index contributed by atoms with van der Waals surface area (Å²) >= 11 is 0. The number of rotatable bonds is 5. The fourth-order valence-corrected chi connectivity index (χ4v) is 2.91. The standard InChI is InChI=1S/C14H26N4O/c1-10(2)5-12-7-18(8-14-16-9-19-17-14)13(6-15-12)11(3)4/h9-13,15H,5-8H2,1-4H3. The molecule has 1 aromatic heterocycles. The lowest BCUT2D eigenvalue weighted by Gasteiger charge is -2.42. The molecule has 0 saturated carbocycles. The van der Waals surface area contributed by atoms with E-state index in [1.165, 1.54) is 12.8 Å². The van der Waals surface area contributed by atoms with E-state index in [1.807, 2.05) is 0 Å². The van der Waals surface area contributed by atoms with Crippen LogP contribution in [0.1, 0.15) is 39.9 Å². The van der Waals surface area contributed by atoms with Gasteiger partial charge < -0.3 is 9.84 Å². The third-order valence-corrected chi connectivity index (χ3v) is 3.82. The van der Waals surface area contributed by atoms with Crippen LogP contribution in [-0.4, -0.2) is 40.2 Å². The first-order valence-electron chi connectivity index (χ1n) is 7.29. The minimum absolute atomic E-state index is 0.543. The van der Waals surface area contributed by atoms with E-state index in [-0.39, 0.29) is 0 Å². The molecule has 2 rings (SSSR count). The van der Waals surface area contributed by atoms with Crippen LogP contribution >= 0.6 is 0 Å². The molecular weight excluding hydrogens is 240 g/mol. The summed E-state index contributed by atoms with van der Waals surface area (Å²) in [5.74, 6) is 2.13. The molecule has 19 heavy (non-hydrogen) atoms. The van der Waals surface area contributed by atoms with Gasteiger partial charge in [-0.2, -0.15) is 4.98 Å². The van der Waals surface area contributed by atoms with Crippen LogP contribution in [0.15, 0.2) is 10.9 Å². The topological polar surface area (TPSA) is 54.2 Å². The van der Waals surface area contributed by atoms with Gasteiger partial charge in [-0.15, -0.1) is 0 Å². The average Bonchev–Trinajstić information content (AvgIpc) is 2.80. The van der Waals surface area contributed by atoms with Crippen molar-refractivity contribution in [1.29, 1.82) is 0 Å². The summed E-state index contributed by atoms with van der Waals surface area (Å²) < 4.78 is 4.84. The highest BCUT2D eigenvalue weighted by atomic mass is 16.5. The van der Waals surface area contributed by atoms with Gasteiger partial charge in [0, 0.05) is 25.2 Å². The summed E-state index contributed by atoms with van der Waals surface area (Å²) in [7, 11) is 0. The van der Waals surface area contributed by atoms with E-state index in [9.17, 15) is 0 Å². The Kier molecular flexibility index (Phi) is 4.93. The summed E-state index contributed by atoms with van der Waals surface area (Å²) in [5.41, 5.74) is 0. The number of hydrogen-bond acceptors (Lipinski definition) is 5. The first kappa shape index (κ1) is 14.5. The van der Waals surface area contributed by atoms with Gasteiger partial charge in [-0.1, -0.05) is 32.9 Å². The van der Waals surface area contributed by atoms with Crippen LogP contribution in [-0.2, 0) is 6.54 Å². The Morgan fingerprint density at radius 2 is 2.21 bits per heavy atom. The minimum Gasteiger partial charge on any atom is -0.343 e. The molecule has 1 N–H and O–H groups in total. The van der Waals surface area contributed by atoms with Crippen LogP contribution < -0.4 is 5.32 Å². The highest BCUT2D eigenvalue weighted by molar-refractivity contribution is 4.91. The maximum Gasteiger partial charge on any atom is 0.213 e. The smallest absolute Gasteiger partial charge is 0.213 e. The zero-order valence-electron chi connectivity index (χ0n) is 12.5. The van der Waals surface area contributed by atoms with Crippen molar-refractivity contribution < 1.29 is 4.52 Å².